The highest BCUT2D eigenvalue weighted by molar-refractivity contribution is 14.0. The van der Waals surface area contributed by atoms with Gasteiger partial charge in [0.15, 0.2) is 5.96 Å². The minimum absolute atomic E-state index is 0. The summed E-state index contributed by atoms with van der Waals surface area (Å²) in [5, 5.41) is 12.3. The van der Waals surface area contributed by atoms with Crippen LogP contribution in [0.2, 0.25) is 0 Å². The Morgan fingerprint density at radius 1 is 1.26 bits per heavy atom. The van der Waals surface area contributed by atoms with Gasteiger partial charge in [0.2, 0.25) is 0 Å². The molecule has 0 aliphatic rings. The molecule has 6 nitrogen and oxygen atoms in total. The second-order valence-electron chi connectivity index (χ2n) is 6.43. The van der Waals surface area contributed by atoms with Crippen molar-refractivity contribution >= 4 is 40.8 Å². The summed E-state index contributed by atoms with van der Waals surface area (Å²) in [5.41, 5.74) is 3.72. The summed E-state index contributed by atoms with van der Waals surface area (Å²) in [5.74, 6) is 0.879. The molecule has 0 fully saturated rings. The molecule has 7 heteroatoms. The number of guanidine groups is 1. The molecule has 3 aromatic rings. The van der Waals surface area contributed by atoms with Gasteiger partial charge < -0.3 is 15.6 Å². The minimum atomic E-state index is 0. The molecule has 3 rings (SSSR count). The van der Waals surface area contributed by atoms with Gasteiger partial charge >= 0.3 is 0 Å². The Labute approximate surface area is 177 Å². The van der Waals surface area contributed by atoms with Crippen LogP contribution in [0.5, 0.6) is 0 Å². The quantitative estimate of drug-likeness (QED) is 0.200. The van der Waals surface area contributed by atoms with Gasteiger partial charge in [-0.05, 0) is 43.9 Å². The Morgan fingerprint density at radius 3 is 2.89 bits per heavy atom. The third kappa shape index (κ3) is 6.27. The summed E-state index contributed by atoms with van der Waals surface area (Å²) >= 11 is 0. The summed E-state index contributed by atoms with van der Waals surface area (Å²) in [6.45, 7) is 7.53. The zero-order valence-electron chi connectivity index (χ0n) is 16.0. The Hall–Kier alpha value is -2.03. The summed E-state index contributed by atoms with van der Waals surface area (Å²) in [6.07, 6.45) is 7.98. The number of aryl methyl sites for hydroxylation is 2. The molecule has 0 aliphatic heterocycles. The molecule has 27 heavy (non-hydrogen) atoms. The van der Waals surface area contributed by atoms with Crippen molar-refractivity contribution in [3.8, 4) is 0 Å². The van der Waals surface area contributed by atoms with Crippen molar-refractivity contribution in [1.29, 1.82) is 0 Å². The summed E-state index contributed by atoms with van der Waals surface area (Å²) in [7, 11) is 0. The van der Waals surface area contributed by atoms with Gasteiger partial charge in [-0.3, -0.25) is 9.67 Å². The van der Waals surface area contributed by atoms with E-state index in [1.807, 2.05) is 10.9 Å². The average molecular weight is 480 g/mol. The van der Waals surface area contributed by atoms with E-state index >= 15 is 0 Å². The van der Waals surface area contributed by atoms with Gasteiger partial charge in [-0.25, -0.2) is 0 Å². The summed E-state index contributed by atoms with van der Waals surface area (Å²) in [4.78, 5) is 7.99. The van der Waals surface area contributed by atoms with Gasteiger partial charge in [-0.1, -0.05) is 18.2 Å². The van der Waals surface area contributed by atoms with Gasteiger partial charge in [0.25, 0.3) is 0 Å². The van der Waals surface area contributed by atoms with E-state index in [9.17, 15) is 0 Å². The lowest BCUT2D eigenvalue weighted by molar-refractivity contribution is 0.583. The molecule has 0 bridgehead atoms. The van der Waals surface area contributed by atoms with Gasteiger partial charge in [0.05, 0.1) is 6.20 Å². The first-order valence-electron chi connectivity index (χ1n) is 9.32. The molecule has 0 unspecified atom stereocenters. The van der Waals surface area contributed by atoms with Crippen molar-refractivity contribution < 1.29 is 0 Å². The summed E-state index contributed by atoms with van der Waals surface area (Å²) < 4.78 is 1.97. The third-order valence-electron chi connectivity index (χ3n) is 4.28. The van der Waals surface area contributed by atoms with Crippen molar-refractivity contribution in [2.24, 2.45) is 4.99 Å². The number of nitrogens with zero attached hydrogens (tertiary/aromatic N) is 3. The van der Waals surface area contributed by atoms with Crippen LogP contribution in [-0.4, -0.2) is 40.4 Å². The first-order chi connectivity index (χ1) is 12.8. The number of benzene rings is 1. The van der Waals surface area contributed by atoms with E-state index in [1.165, 1.54) is 22.0 Å². The first-order valence-corrected chi connectivity index (χ1v) is 9.32. The lowest BCUT2D eigenvalue weighted by Crippen LogP contribution is -2.38. The fraction of sp³-hybridized carbons (Fsp3) is 0.400. The third-order valence-corrected chi connectivity index (χ3v) is 4.28. The van der Waals surface area contributed by atoms with Crippen LogP contribution in [0.3, 0.4) is 0 Å². The van der Waals surface area contributed by atoms with Crippen molar-refractivity contribution in [3.05, 3.63) is 54.0 Å². The number of nitrogens with one attached hydrogen (secondary N) is 3. The molecule has 0 saturated heterocycles. The highest BCUT2D eigenvalue weighted by atomic mass is 127. The number of aromatic amines is 1. The number of halogens is 1. The van der Waals surface area contributed by atoms with Crippen LogP contribution in [-0.2, 0) is 13.0 Å². The number of H-pyrrole nitrogens is 1. The number of hydrogen-bond acceptors (Lipinski definition) is 2. The molecular weight excluding hydrogens is 451 g/mol. The lowest BCUT2D eigenvalue weighted by Gasteiger charge is -2.11. The molecular formula is C20H29IN6. The smallest absolute Gasteiger partial charge is 0.191 e. The number of rotatable bonds is 8. The van der Waals surface area contributed by atoms with Crippen LogP contribution in [0.4, 0.5) is 0 Å². The normalized spacial score (nSPS) is 11.4. The van der Waals surface area contributed by atoms with E-state index in [1.54, 1.807) is 0 Å². The average Bonchev–Trinajstić information content (AvgIpc) is 3.25. The van der Waals surface area contributed by atoms with Crippen LogP contribution in [0, 0.1) is 6.92 Å². The molecule has 0 saturated carbocycles. The zero-order chi connectivity index (χ0) is 18.2. The topological polar surface area (TPSA) is 70.0 Å². The molecule has 3 N–H and O–H groups in total. The first kappa shape index (κ1) is 21.3. The Morgan fingerprint density at radius 2 is 2.11 bits per heavy atom. The number of aliphatic imine (C=N–C) groups is 1. The maximum absolute atomic E-state index is 4.66. The van der Waals surface area contributed by atoms with E-state index in [-0.39, 0.29) is 24.0 Å². The maximum atomic E-state index is 4.66. The van der Waals surface area contributed by atoms with E-state index < -0.39 is 0 Å². The van der Waals surface area contributed by atoms with Gasteiger partial charge in [-0.2, -0.15) is 5.10 Å². The molecule has 2 aromatic heterocycles. The van der Waals surface area contributed by atoms with E-state index in [0.717, 1.165) is 45.0 Å². The SMILES string of the molecule is CCNC(=NCCCn1cc(C)cn1)NCCc1c[nH]c2ccccc12.I. The van der Waals surface area contributed by atoms with Crippen LogP contribution in [0.15, 0.2) is 47.8 Å². The molecule has 0 radical (unpaired) electrons. The molecule has 0 amide bonds. The number of hydrogen-bond donors (Lipinski definition) is 3. The van der Waals surface area contributed by atoms with Crippen LogP contribution >= 0.6 is 24.0 Å². The van der Waals surface area contributed by atoms with E-state index in [0.29, 0.717) is 0 Å². The molecule has 1 aromatic carbocycles. The second kappa shape index (κ2) is 11.0. The molecule has 0 spiro atoms. The van der Waals surface area contributed by atoms with Crippen molar-refractivity contribution in [2.75, 3.05) is 19.6 Å². The molecule has 2 heterocycles. The number of aromatic nitrogens is 3. The van der Waals surface area contributed by atoms with E-state index in [4.69, 9.17) is 0 Å². The second-order valence-corrected chi connectivity index (χ2v) is 6.43. The lowest BCUT2D eigenvalue weighted by atomic mass is 10.1. The highest BCUT2D eigenvalue weighted by Crippen LogP contribution is 2.17. The largest absolute Gasteiger partial charge is 0.361 e. The Balaban J connectivity index is 0.00000261. The van der Waals surface area contributed by atoms with Crippen LogP contribution in [0.25, 0.3) is 10.9 Å². The van der Waals surface area contributed by atoms with Crippen molar-refractivity contribution in [2.45, 2.75) is 33.2 Å². The monoisotopic (exact) mass is 480 g/mol. The fourth-order valence-electron chi connectivity index (χ4n) is 3.01. The van der Waals surface area contributed by atoms with Crippen LogP contribution < -0.4 is 10.6 Å². The highest BCUT2D eigenvalue weighted by Gasteiger charge is 2.03. The minimum Gasteiger partial charge on any atom is -0.361 e. The molecule has 146 valence electrons. The van der Waals surface area contributed by atoms with Gasteiger partial charge in [-0.15, -0.1) is 24.0 Å². The van der Waals surface area contributed by atoms with Crippen LogP contribution in [0.1, 0.15) is 24.5 Å². The Bertz CT molecular complexity index is 851. The maximum Gasteiger partial charge on any atom is 0.191 e. The van der Waals surface area contributed by atoms with Gasteiger partial charge in [0.1, 0.15) is 0 Å². The molecule has 0 aliphatic carbocycles. The number of fused-ring (bicyclic) bond motifs is 1. The predicted octanol–water partition coefficient (Wildman–Crippen LogP) is 3.48. The number of para-hydroxylation sites is 1. The van der Waals surface area contributed by atoms with Crippen molar-refractivity contribution in [3.63, 3.8) is 0 Å². The van der Waals surface area contributed by atoms with Crippen molar-refractivity contribution in [1.82, 2.24) is 25.4 Å². The Kier molecular flexibility index (Phi) is 8.63. The van der Waals surface area contributed by atoms with Gasteiger partial charge in [0, 0.05) is 49.5 Å². The fourth-order valence-corrected chi connectivity index (χ4v) is 3.01. The van der Waals surface area contributed by atoms with E-state index in [2.05, 4.69) is 76.2 Å². The summed E-state index contributed by atoms with van der Waals surface area (Å²) in [6, 6.07) is 8.41. The standard InChI is InChI=1S/C20H28N6.HI/c1-3-21-20(22-10-6-12-26-15-16(2)13-25-26)23-11-9-17-14-24-19-8-5-4-7-18(17)19;/h4-5,7-8,13-15,24H,3,6,9-12H2,1-2H3,(H2,21,22,23);1H. The predicted molar refractivity (Wildman–Crippen MR) is 123 cm³/mol. The zero-order valence-corrected chi connectivity index (χ0v) is 18.4. The molecule has 0 atom stereocenters.